The minimum atomic E-state index is -0.400. The average Bonchev–Trinajstić information content (AvgIpc) is 3.03. The van der Waals surface area contributed by atoms with Crippen LogP contribution in [0.2, 0.25) is 0 Å². The number of nitrogens with zero attached hydrogens (tertiary/aromatic N) is 5. The Hall–Kier alpha value is -5.29. The molecule has 1 saturated heterocycles. The van der Waals surface area contributed by atoms with Crippen molar-refractivity contribution < 1.29 is 14.3 Å². The van der Waals surface area contributed by atoms with Crippen LogP contribution >= 0.6 is 0 Å². The summed E-state index contributed by atoms with van der Waals surface area (Å²) >= 11 is 0. The molecule has 1 aliphatic heterocycles. The van der Waals surface area contributed by atoms with Crippen molar-refractivity contribution in [2.24, 2.45) is 10.7 Å². The van der Waals surface area contributed by atoms with Crippen LogP contribution in [0.5, 0.6) is 0 Å². The molecule has 1 fully saturated rings. The number of hydrogen-bond acceptors (Lipinski definition) is 8. The zero-order valence-electron chi connectivity index (χ0n) is 24.4. The zero-order chi connectivity index (χ0) is 30.3. The highest BCUT2D eigenvalue weighted by molar-refractivity contribution is 6.11. The van der Waals surface area contributed by atoms with E-state index in [9.17, 15) is 9.59 Å². The summed E-state index contributed by atoms with van der Waals surface area (Å²) in [4.78, 5) is 42.4. The lowest BCUT2D eigenvalue weighted by Crippen LogP contribution is -2.37. The maximum Gasteiger partial charge on any atom is 0.323 e. The SMILES string of the molecule is CN=CC(=CN)c1ccc2c(N3CCOCC3)nc(-c3ccc(NC(=O)Nc4ccc(C(=O)N(C)C)cc4)cc3)nc2c1. The van der Waals surface area contributed by atoms with Crippen LogP contribution < -0.4 is 21.3 Å². The number of hydrogen-bond donors (Lipinski definition) is 3. The van der Waals surface area contributed by atoms with Crippen molar-refractivity contribution in [3.8, 4) is 11.4 Å². The number of nitrogens with two attached hydrogens (primary N) is 1. The number of urea groups is 1. The molecule has 11 nitrogen and oxygen atoms in total. The molecule has 220 valence electrons. The summed E-state index contributed by atoms with van der Waals surface area (Å²) in [6.07, 6.45) is 3.25. The van der Waals surface area contributed by atoms with E-state index < -0.39 is 6.03 Å². The highest BCUT2D eigenvalue weighted by atomic mass is 16.5. The lowest BCUT2D eigenvalue weighted by Gasteiger charge is -2.29. The van der Waals surface area contributed by atoms with Gasteiger partial charge in [0.15, 0.2) is 5.82 Å². The molecule has 43 heavy (non-hydrogen) atoms. The number of allylic oxidation sites excluding steroid dienone is 1. The number of carbonyl (C=O) groups excluding carboxylic acids is 2. The number of aliphatic imine (C=N–C) groups is 1. The van der Waals surface area contributed by atoms with E-state index in [4.69, 9.17) is 20.4 Å². The number of anilines is 3. The lowest BCUT2D eigenvalue weighted by molar-refractivity contribution is 0.0827. The molecule has 0 aliphatic carbocycles. The Labute approximate surface area is 250 Å². The molecule has 3 aromatic carbocycles. The second kappa shape index (κ2) is 13.1. The van der Waals surface area contributed by atoms with E-state index in [-0.39, 0.29) is 5.91 Å². The van der Waals surface area contributed by atoms with Gasteiger partial charge in [-0.3, -0.25) is 9.79 Å². The topological polar surface area (TPSA) is 138 Å². The van der Waals surface area contributed by atoms with E-state index in [0.29, 0.717) is 36.0 Å². The normalized spacial score (nSPS) is 13.7. The number of ether oxygens (including phenoxy) is 1. The molecular weight excluding hydrogens is 544 g/mol. The predicted octanol–water partition coefficient (Wildman–Crippen LogP) is 4.48. The minimum Gasteiger partial charge on any atom is -0.404 e. The first-order valence-electron chi connectivity index (χ1n) is 13.9. The van der Waals surface area contributed by atoms with Crippen molar-refractivity contribution >= 4 is 51.8 Å². The molecule has 4 N–H and O–H groups in total. The zero-order valence-corrected chi connectivity index (χ0v) is 24.4. The van der Waals surface area contributed by atoms with E-state index in [0.717, 1.165) is 46.5 Å². The Bertz CT molecular complexity index is 1680. The third kappa shape index (κ3) is 6.79. The van der Waals surface area contributed by atoms with Gasteiger partial charge in [0.25, 0.3) is 5.91 Å². The van der Waals surface area contributed by atoms with Crippen molar-refractivity contribution in [2.45, 2.75) is 0 Å². The van der Waals surface area contributed by atoms with Crippen molar-refractivity contribution in [2.75, 3.05) is 63.0 Å². The molecule has 0 radical (unpaired) electrons. The summed E-state index contributed by atoms with van der Waals surface area (Å²) in [6.45, 7) is 2.73. The van der Waals surface area contributed by atoms with Gasteiger partial charge in [-0.15, -0.1) is 0 Å². The maximum absolute atomic E-state index is 12.6. The van der Waals surface area contributed by atoms with E-state index in [1.54, 1.807) is 63.8 Å². The third-order valence-corrected chi connectivity index (χ3v) is 6.97. The molecule has 5 rings (SSSR count). The molecular formula is C32H34N8O3. The number of amides is 3. The van der Waals surface area contributed by atoms with Crippen molar-refractivity contribution in [1.82, 2.24) is 14.9 Å². The summed E-state index contributed by atoms with van der Waals surface area (Å²) in [6, 6.07) is 19.7. The summed E-state index contributed by atoms with van der Waals surface area (Å²) in [5.74, 6) is 1.31. The summed E-state index contributed by atoms with van der Waals surface area (Å²) in [5, 5.41) is 6.56. The standard InChI is InChI=1S/C32H34N8O3/c1-34-20-24(19-33)23-8-13-27-28(18-23)37-29(38-30(27)40-14-16-43-17-15-40)21-4-9-25(10-5-21)35-32(42)36-26-11-6-22(7-12-26)31(41)39(2)3/h4-13,18-20H,14-17,33H2,1-3H3,(H2,35,36,42). The fourth-order valence-electron chi connectivity index (χ4n) is 4.74. The third-order valence-electron chi connectivity index (χ3n) is 6.97. The van der Waals surface area contributed by atoms with Crippen molar-refractivity contribution in [1.29, 1.82) is 0 Å². The van der Waals surface area contributed by atoms with E-state index >= 15 is 0 Å². The number of benzene rings is 3. The fraction of sp³-hybridized carbons (Fsp3) is 0.219. The highest BCUT2D eigenvalue weighted by Crippen LogP contribution is 2.30. The number of aromatic nitrogens is 2. The van der Waals surface area contributed by atoms with Crippen LogP contribution in [-0.2, 0) is 4.74 Å². The Morgan fingerprint density at radius 1 is 0.930 bits per heavy atom. The molecule has 4 aromatic rings. The van der Waals surface area contributed by atoms with Crippen LogP contribution in [0.1, 0.15) is 15.9 Å². The maximum atomic E-state index is 12.6. The number of morpholine rings is 1. The van der Waals surface area contributed by atoms with Gasteiger partial charge in [-0.05, 0) is 66.2 Å². The second-order valence-electron chi connectivity index (χ2n) is 10.1. The number of carbonyl (C=O) groups is 2. The van der Waals surface area contributed by atoms with Gasteiger partial charge < -0.3 is 30.9 Å². The molecule has 0 saturated carbocycles. The van der Waals surface area contributed by atoms with Gasteiger partial charge in [-0.1, -0.05) is 6.07 Å². The monoisotopic (exact) mass is 578 g/mol. The van der Waals surface area contributed by atoms with Gasteiger partial charge in [-0.2, -0.15) is 0 Å². The number of rotatable bonds is 7. The molecule has 11 heteroatoms. The first kappa shape index (κ1) is 29.2. The summed E-state index contributed by atoms with van der Waals surface area (Å²) in [7, 11) is 5.09. The minimum absolute atomic E-state index is 0.105. The molecule has 0 unspecified atom stereocenters. The van der Waals surface area contributed by atoms with Crippen LogP contribution in [0.25, 0.3) is 27.9 Å². The Kier molecular flexibility index (Phi) is 8.92. The van der Waals surface area contributed by atoms with Gasteiger partial charge in [-0.25, -0.2) is 14.8 Å². The second-order valence-corrected chi connectivity index (χ2v) is 10.1. The predicted molar refractivity (Wildman–Crippen MR) is 172 cm³/mol. The van der Waals surface area contributed by atoms with Crippen LogP contribution in [0.4, 0.5) is 22.0 Å². The van der Waals surface area contributed by atoms with Crippen LogP contribution in [-0.4, -0.2) is 80.5 Å². The van der Waals surface area contributed by atoms with Gasteiger partial charge in [0.05, 0.1) is 18.7 Å². The lowest BCUT2D eigenvalue weighted by atomic mass is 10.0. The number of nitrogens with one attached hydrogen (secondary N) is 2. The van der Waals surface area contributed by atoms with E-state index in [1.165, 1.54) is 11.1 Å². The Balaban J connectivity index is 1.38. The molecule has 0 spiro atoms. The van der Waals surface area contributed by atoms with Crippen molar-refractivity contribution in [3.63, 3.8) is 0 Å². The quantitative estimate of drug-likeness (QED) is 0.275. The molecule has 1 aliphatic rings. The largest absolute Gasteiger partial charge is 0.404 e. The molecule has 1 aromatic heterocycles. The Morgan fingerprint density at radius 3 is 2.16 bits per heavy atom. The first-order valence-corrected chi connectivity index (χ1v) is 13.9. The number of fused-ring (bicyclic) bond motifs is 1. The van der Waals surface area contributed by atoms with Gasteiger partial charge in [0.1, 0.15) is 5.82 Å². The molecule has 0 atom stereocenters. The molecule has 2 heterocycles. The van der Waals surface area contributed by atoms with Crippen LogP contribution in [0.3, 0.4) is 0 Å². The van der Waals surface area contributed by atoms with Crippen molar-refractivity contribution in [3.05, 3.63) is 84.1 Å². The van der Waals surface area contributed by atoms with E-state index in [1.807, 2.05) is 30.3 Å². The first-order chi connectivity index (χ1) is 20.9. The molecule has 3 amide bonds. The van der Waals surface area contributed by atoms with Gasteiger partial charge in [0.2, 0.25) is 0 Å². The smallest absolute Gasteiger partial charge is 0.323 e. The Morgan fingerprint density at radius 2 is 1.56 bits per heavy atom. The van der Waals surface area contributed by atoms with E-state index in [2.05, 4.69) is 20.5 Å². The highest BCUT2D eigenvalue weighted by Gasteiger charge is 2.19. The summed E-state index contributed by atoms with van der Waals surface area (Å²) < 4.78 is 5.57. The van der Waals surface area contributed by atoms with Crippen LogP contribution in [0.15, 0.2) is 77.9 Å². The fourth-order valence-corrected chi connectivity index (χ4v) is 4.74. The van der Waals surface area contributed by atoms with Gasteiger partial charge >= 0.3 is 6.03 Å². The average molecular weight is 579 g/mol. The summed E-state index contributed by atoms with van der Waals surface area (Å²) in [5.41, 5.74) is 10.9. The van der Waals surface area contributed by atoms with Gasteiger partial charge in [0, 0.05) is 80.1 Å². The molecule has 0 bridgehead atoms. The van der Waals surface area contributed by atoms with Crippen LogP contribution in [0, 0.1) is 0 Å².